The number of carbonyl (C=O) groups excluding carboxylic acids is 2. The fourth-order valence-corrected chi connectivity index (χ4v) is 3.95. The normalized spacial score (nSPS) is 14.6. The molecule has 0 aliphatic rings. The van der Waals surface area contributed by atoms with Gasteiger partial charge in [-0.2, -0.15) is 0 Å². The van der Waals surface area contributed by atoms with Crippen molar-refractivity contribution in [2.24, 2.45) is 11.5 Å². The van der Waals surface area contributed by atoms with Crippen molar-refractivity contribution in [2.45, 2.75) is 37.0 Å². The third-order valence-corrected chi connectivity index (χ3v) is 5.71. The minimum Gasteiger partial charge on any atom is -0.481 e. The maximum Gasteiger partial charge on any atom is 0.326 e. The van der Waals surface area contributed by atoms with Gasteiger partial charge < -0.3 is 42.5 Å². The first-order valence-corrected chi connectivity index (χ1v) is 10.6. The van der Waals surface area contributed by atoms with E-state index in [0.717, 1.165) is 21.6 Å². The summed E-state index contributed by atoms with van der Waals surface area (Å²) in [5.74, 6) is -7.70. The fourth-order valence-electron chi connectivity index (χ4n) is 1.70. The number of carboxylic acids is 4. The van der Waals surface area contributed by atoms with Crippen LogP contribution in [-0.4, -0.2) is 91.8 Å². The Morgan fingerprint density at radius 3 is 1.20 bits per heavy atom. The zero-order valence-electron chi connectivity index (χ0n) is 15.3. The molecule has 0 spiro atoms. The largest absolute Gasteiger partial charge is 0.481 e. The van der Waals surface area contributed by atoms with Gasteiger partial charge in [-0.25, -0.2) is 9.59 Å². The molecule has 2 amide bonds. The maximum absolute atomic E-state index is 11.8. The van der Waals surface area contributed by atoms with Crippen LogP contribution >= 0.6 is 21.6 Å². The Morgan fingerprint density at radius 1 is 0.667 bits per heavy atom. The minimum atomic E-state index is -1.64. The molecule has 0 aliphatic carbocycles. The highest BCUT2D eigenvalue weighted by Gasteiger charge is 2.27. The molecule has 0 radical (unpaired) electrons. The van der Waals surface area contributed by atoms with Crippen LogP contribution in [0.2, 0.25) is 0 Å². The molecule has 0 heterocycles. The monoisotopic (exact) mass is 470 g/mol. The predicted octanol–water partition coefficient (Wildman–Crippen LogP) is -2.89. The van der Waals surface area contributed by atoms with E-state index in [-0.39, 0.29) is 11.5 Å². The molecule has 16 heteroatoms. The van der Waals surface area contributed by atoms with Crippen LogP contribution in [0.1, 0.15) is 12.8 Å². The predicted molar refractivity (Wildman–Crippen MR) is 105 cm³/mol. The second kappa shape index (κ2) is 13.6. The average Bonchev–Trinajstić information content (AvgIpc) is 2.62. The fraction of sp³-hybridized carbons (Fsp3) is 0.571. The summed E-state index contributed by atoms with van der Waals surface area (Å²) >= 11 is 0. The molecule has 0 aromatic rings. The highest BCUT2D eigenvalue weighted by atomic mass is 33.1. The quantitative estimate of drug-likeness (QED) is 0.0882. The van der Waals surface area contributed by atoms with Gasteiger partial charge in [-0.05, 0) is 0 Å². The van der Waals surface area contributed by atoms with Crippen molar-refractivity contribution in [3.63, 3.8) is 0 Å². The summed E-state index contributed by atoms with van der Waals surface area (Å²) in [7, 11) is 2.03. The average molecular weight is 470 g/mol. The van der Waals surface area contributed by atoms with E-state index in [0.29, 0.717) is 0 Å². The number of hydrogen-bond acceptors (Lipinski definition) is 10. The molecule has 4 atom stereocenters. The van der Waals surface area contributed by atoms with Gasteiger partial charge in [0.1, 0.15) is 12.1 Å². The Kier molecular flexibility index (Phi) is 12.5. The molecule has 0 rings (SSSR count). The lowest BCUT2D eigenvalue weighted by Gasteiger charge is -2.17. The van der Waals surface area contributed by atoms with E-state index in [2.05, 4.69) is 0 Å². The molecule has 0 saturated carbocycles. The van der Waals surface area contributed by atoms with E-state index < -0.39 is 72.7 Å². The van der Waals surface area contributed by atoms with Crippen LogP contribution in [0.4, 0.5) is 0 Å². The standard InChI is InChI=1S/C14H22N4O10S2/c15-5(11(23)17-7(13(25)26)1-9(19)20)3-29-30-4-6(16)12(24)18-8(14(27)28)2-10(21)22/h5-8H,1-4,15-16H2,(H,17,23)(H,18,24)(H,19,20)(H,21,22)(H,25,26)(H,27,28). The number of hydrogen-bond donors (Lipinski definition) is 8. The van der Waals surface area contributed by atoms with Gasteiger partial charge in [0.25, 0.3) is 0 Å². The Bertz CT molecular complexity index is 621. The van der Waals surface area contributed by atoms with Gasteiger partial charge in [0.2, 0.25) is 11.8 Å². The van der Waals surface area contributed by atoms with Crippen LogP contribution in [-0.2, 0) is 28.8 Å². The summed E-state index contributed by atoms with van der Waals surface area (Å²) in [6.45, 7) is 0. The number of carbonyl (C=O) groups is 6. The van der Waals surface area contributed by atoms with E-state index >= 15 is 0 Å². The first kappa shape index (κ1) is 27.4. The van der Waals surface area contributed by atoms with Crippen molar-refractivity contribution >= 4 is 57.3 Å². The highest BCUT2D eigenvalue weighted by molar-refractivity contribution is 8.76. The molecule has 170 valence electrons. The number of amides is 2. The van der Waals surface area contributed by atoms with Crippen LogP contribution in [0.25, 0.3) is 0 Å². The molecule has 0 saturated heterocycles. The minimum absolute atomic E-state index is 0.0268. The summed E-state index contributed by atoms with van der Waals surface area (Å²) in [5.41, 5.74) is 11.2. The number of nitrogens with one attached hydrogen (secondary N) is 2. The van der Waals surface area contributed by atoms with E-state index in [1.54, 1.807) is 0 Å². The molecule has 0 fully saturated rings. The molecular weight excluding hydrogens is 448 g/mol. The van der Waals surface area contributed by atoms with Crippen LogP contribution in [0.15, 0.2) is 0 Å². The zero-order valence-corrected chi connectivity index (χ0v) is 17.0. The smallest absolute Gasteiger partial charge is 0.326 e. The van der Waals surface area contributed by atoms with Gasteiger partial charge >= 0.3 is 23.9 Å². The van der Waals surface area contributed by atoms with Gasteiger partial charge in [-0.1, -0.05) is 21.6 Å². The third kappa shape index (κ3) is 11.4. The van der Waals surface area contributed by atoms with E-state index in [1.165, 1.54) is 0 Å². The van der Waals surface area contributed by atoms with E-state index in [9.17, 15) is 28.8 Å². The van der Waals surface area contributed by atoms with Crippen molar-refractivity contribution in [3.05, 3.63) is 0 Å². The first-order chi connectivity index (χ1) is 13.8. The lowest BCUT2D eigenvalue weighted by atomic mass is 10.2. The SMILES string of the molecule is NC(CSSCC(N)C(=O)NC(CC(=O)O)C(=O)O)C(=O)NC(CC(=O)O)C(=O)O. The van der Waals surface area contributed by atoms with Crippen LogP contribution in [0.3, 0.4) is 0 Å². The summed E-state index contributed by atoms with van der Waals surface area (Å²) < 4.78 is 0. The number of aliphatic carboxylic acids is 4. The second-order valence-electron chi connectivity index (χ2n) is 5.78. The summed E-state index contributed by atoms with van der Waals surface area (Å²) in [6.07, 6.45) is -1.64. The van der Waals surface area contributed by atoms with Gasteiger partial charge in [0.15, 0.2) is 0 Å². The molecule has 0 aromatic heterocycles. The molecule has 14 nitrogen and oxygen atoms in total. The van der Waals surface area contributed by atoms with Gasteiger partial charge in [-0.3, -0.25) is 19.2 Å². The summed E-state index contributed by atoms with van der Waals surface area (Å²) in [5, 5.41) is 39.0. The Labute approximate surface area is 177 Å². The molecule has 10 N–H and O–H groups in total. The van der Waals surface area contributed by atoms with Crippen molar-refractivity contribution in [1.29, 1.82) is 0 Å². The molecule has 0 bridgehead atoms. The third-order valence-electron chi connectivity index (χ3n) is 3.24. The van der Waals surface area contributed by atoms with Crippen molar-refractivity contribution in [3.8, 4) is 0 Å². The molecule has 30 heavy (non-hydrogen) atoms. The topological polar surface area (TPSA) is 259 Å². The highest BCUT2D eigenvalue weighted by Crippen LogP contribution is 2.22. The lowest BCUT2D eigenvalue weighted by molar-refractivity contribution is -0.147. The maximum atomic E-state index is 11.8. The lowest BCUT2D eigenvalue weighted by Crippen LogP contribution is -2.50. The number of nitrogens with two attached hydrogens (primary N) is 2. The second-order valence-corrected chi connectivity index (χ2v) is 8.33. The van der Waals surface area contributed by atoms with Crippen molar-refractivity contribution in [1.82, 2.24) is 10.6 Å². The van der Waals surface area contributed by atoms with Crippen molar-refractivity contribution in [2.75, 3.05) is 11.5 Å². The Hall–Kier alpha value is -2.56. The Morgan fingerprint density at radius 2 is 0.967 bits per heavy atom. The number of carboxylic acid groups (broad SMARTS) is 4. The van der Waals surface area contributed by atoms with Crippen LogP contribution in [0, 0.1) is 0 Å². The summed E-state index contributed by atoms with van der Waals surface area (Å²) in [6, 6.07) is -5.61. The number of rotatable bonds is 15. The Balaban J connectivity index is 4.39. The van der Waals surface area contributed by atoms with Crippen LogP contribution < -0.4 is 22.1 Å². The van der Waals surface area contributed by atoms with Crippen molar-refractivity contribution < 1.29 is 49.2 Å². The summed E-state index contributed by atoms with van der Waals surface area (Å²) in [4.78, 5) is 66.7. The van der Waals surface area contributed by atoms with Gasteiger partial charge in [-0.15, -0.1) is 0 Å². The molecular formula is C14H22N4O10S2. The molecule has 0 aliphatic heterocycles. The first-order valence-electron chi connectivity index (χ1n) is 8.10. The van der Waals surface area contributed by atoms with Gasteiger partial charge in [0, 0.05) is 11.5 Å². The van der Waals surface area contributed by atoms with E-state index in [1.807, 2.05) is 10.6 Å². The van der Waals surface area contributed by atoms with E-state index in [4.69, 9.17) is 31.9 Å². The molecule has 0 aromatic carbocycles. The zero-order chi connectivity index (χ0) is 23.4. The van der Waals surface area contributed by atoms with Gasteiger partial charge in [0.05, 0.1) is 24.9 Å². The molecule has 4 unspecified atom stereocenters. The van der Waals surface area contributed by atoms with Crippen LogP contribution in [0.5, 0.6) is 0 Å².